The van der Waals surface area contributed by atoms with Gasteiger partial charge in [-0.1, -0.05) is 6.92 Å². The van der Waals surface area contributed by atoms with Gasteiger partial charge in [0.2, 0.25) is 0 Å². The lowest BCUT2D eigenvalue weighted by atomic mass is 10.1. The van der Waals surface area contributed by atoms with Gasteiger partial charge < -0.3 is 14.6 Å². The first-order valence-corrected chi connectivity index (χ1v) is 6.40. The van der Waals surface area contributed by atoms with Gasteiger partial charge in [0.05, 0.1) is 6.33 Å². The molecule has 1 amide bonds. The summed E-state index contributed by atoms with van der Waals surface area (Å²) in [5, 5.41) is 3.02. The molecule has 0 saturated carbocycles. The van der Waals surface area contributed by atoms with Gasteiger partial charge in [-0.25, -0.2) is 4.98 Å². The smallest absolute Gasteiger partial charge is 0.251 e. The van der Waals surface area contributed by atoms with Crippen molar-refractivity contribution in [3.63, 3.8) is 0 Å². The lowest BCUT2D eigenvalue weighted by Crippen LogP contribution is -2.49. The Morgan fingerprint density at radius 1 is 1.50 bits per heavy atom. The van der Waals surface area contributed by atoms with Gasteiger partial charge in [-0.2, -0.15) is 0 Å². The maximum absolute atomic E-state index is 12.1. The summed E-state index contributed by atoms with van der Waals surface area (Å²) < 4.78 is 7.40. The van der Waals surface area contributed by atoms with E-state index in [0.29, 0.717) is 6.61 Å². The van der Waals surface area contributed by atoms with Gasteiger partial charge in [-0.05, 0) is 27.2 Å². The number of amides is 1. The number of aromatic nitrogens is 2. The Balaban J connectivity index is 2.55. The van der Waals surface area contributed by atoms with Crippen LogP contribution >= 0.6 is 0 Å². The number of nitrogens with one attached hydrogen (secondary N) is 1. The second kappa shape index (κ2) is 6.54. The maximum Gasteiger partial charge on any atom is 0.251 e. The van der Waals surface area contributed by atoms with Crippen LogP contribution in [0.4, 0.5) is 0 Å². The van der Waals surface area contributed by atoms with E-state index >= 15 is 0 Å². The molecule has 0 aliphatic heterocycles. The molecule has 0 unspecified atom stereocenters. The van der Waals surface area contributed by atoms with Crippen LogP contribution < -0.4 is 5.32 Å². The Kier molecular flexibility index (Phi) is 5.34. The van der Waals surface area contributed by atoms with Gasteiger partial charge in [0.25, 0.3) is 5.91 Å². The summed E-state index contributed by atoms with van der Waals surface area (Å²) in [5.74, 6) is -0.0729. The van der Waals surface area contributed by atoms with E-state index in [9.17, 15) is 4.79 Å². The van der Waals surface area contributed by atoms with E-state index in [-0.39, 0.29) is 11.9 Å². The van der Waals surface area contributed by atoms with Crippen molar-refractivity contribution in [1.29, 1.82) is 0 Å². The van der Waals surface area contributed by atoms with Crippen LogP contribution in [0.25, 0.3) is 0 Å². The number of ether oxygens (including phenoxy) is 1. The molecule has 1 rings (SSSR count). The number of nitrogens with zero attached hydrogens (tertiary/aromatic N) is 2. The SMILES string of the molecule is CCOC(C)(C)C(=O)N[C@H](CC)Cn1ccnc1. The lowest BCUT2D eigenvalue weighted by Gasteiger charge is -2.27. The molecule has 0 bridgehead atoms. The summed E-state index contributed by atoms with van der Waals surface area (Å²) in [4.78, 5) is 16.1. The van der Waals surface area contributed by atoms with E-state index in [4.69, 9.17) is 4.74 Å². The van der Waals surface area contributed by atoms with E-state index in [1.807, 2.05) is 17.7 Å². The topological polar surface area (TPSA) is 56.1 Å². The van der Waals surface area contributed by atoms with Crippen LogP contribution in [0.15, 0.2) is 18.7 Å². The average molecular weight is 253 g/mol. The van der Waals surface area contributed by atoms with Crippen molar-refractivity contribution in [2.24, 2.45) is 0 Å². The van der Waals surface area contributed by atoms with Gasteiger partial charge in [-0.3, -0.25) is 4.79 Å². The quantitative estimate of drug-likeness (QED) is 0.803. The number of rotatable bonds is 7. The molecule has 1 N–H and O–H groups in total. The van der Waals surface area contributed by atoms with Crippen LogP contribution in [0, 0.1) is 0 Å². The second-order valence-corrected chi connectivity index (χ2v) is 4.78. The van der Waals surface area contributed by atoms with Crippen molar-refractivity contribution in [2.45, 2.75) is 52.3 Å². The molecule has 5 heteroatoms. The molecule has 1 atom stereocenters. The zero-order valence-corrected chi connectivity index (χ0v) is 11.6. The van der Waals surface area contributed by atoms with Crippen LogP contribution in [0.5, 0.6) is 0 Å². The summed E-state index contributed by atoms with van der Waals surface area (Å²) in [5.41, 5.74) is -0.781. The van der Waals surface area contributed by atoms with E-state index < -0.39 is 5.60 Å². The normalized spacial score (nSPS) is 13.3. The van der Waals surface area contributed by atoms with Crippen molar-refractivity contribution in [1.82, 2.24) is 14.9 Å². The van der Waals surface area contributed by atoms with E-state index in [1.54, 1.807) is 26.4 Å². The predicted octanol–water partition coefficient (Wildman–Crippen LogP) is 1.59. The van der Waals surface area contributed by atoms with E-state index in [0.717, 1.165) is 13.0 Å². The first-order valence-electron chi connectivity index (χ1n) is 6.40. The van der Waals surface area contributed by atoms with Gasteiger partial charge in [0, 0.05) is 31.6 Å². The first kappa shape index (κ1) is 14.7. The highest BCUT2D eigenvalue weighted by atomic mass is 16.5. The van der Waals surface area contributed by atoms with Crippen LogP contribution in [0.3, 0.4) is 0 Å². The summed E-state index contributed by atoms with van der Waals surface area (Å²) in [6.45, 7) is 8.77. The fourth-order valence-corrected chi connectivity index (χ4v) is 1.71. The van der Waals surface area contributed by atoms with Crippen molar-refractivity contribution < 1.29 is 9.53 Å². The largest absolute Gasteiger partial charge is 0.366 e. The predicted molar refractivity (Wildman–Crippen MR) is 70.2 cm³/mol. The molecule has 0 saturated heterocycles. The fourth-order valence-electron chi connectivity index (χ4n) is 1.71. The van der Waals surface area contributed by atoms with E-state index in [1.165, 1.54) is 0 Å². The number of hydrogen-bond donors (Lipinski definition) is 1. The number of hydrogen-bond acceptors (Lipinski definition) is 3. The van der Waals surface area contributed by atoms with Crippen molar-refractivity contribution >= 4 is 5.91 Å². The van der Waals surface area contributed by atoms with Crippen LogP contribution in [0.2, 0.25) is 0 Å². The van der Waals surface area contributed by atoms with Gasteiger partial charge in [0.15, 0.2) is 0 Å². The molecule has 0 spiro atoms. The molecule has 0 aliphatic carbocycles. The third kappa shape index (κ3) is 4.14. The minimum absolute atomic E-state index is 0.0729. The fraction of sp³-hybridized carbons (Fsp3) is 0.692. The molecular weight excluding hydrogens is 230 g/mol. The highest BCUT2D eigenvalue weighted by Crippen LogP contribution is 2.10. The van der Waals surface area contributed by atoms with Crippen LogP contribution in [-0.2, 0) is 16.1 Å². The zero-order chi connectivity index (χ0) is 13.6. The molecule has 0 radical (unpaired) electrons. The second-order valence-electron chi connectivity index (χ2n) is 4.78. The molecule has 102 valence electrons. The summed E-state index contributed by atoms with van der Waals surface area (Å²) >= 11 is 0. The monoisotopic (exact) mass is 253 g/mol. The summed E-state index contributed by atoms with van der Waals surface area (Å²) in [6, 6.07) is 0.0893. The van der Waals surface area contributed by atoms with Crippen molar-refractivity contribution in [3.8, 4) is 0 Å². The minimum Gasteiger partial charge on any atom is -0.366 e. The van der Waals surface area contributed by atoms with Gasteiger partial charge >= 0.3 is 0 Å². The Morgan fingerprint density at radius 2 is 2.22 bits per heavy atom. The Morgan fingerprint density at radius 3 is 2.72 bits per heavy atom. The summed E-state index contributed by atoms with van der Waals surface area (Å²) in [7, 11) is 0. The summed E-state index contributed by atoms with van der Waals surface area (Å²) in [6.07, 6.45) is 6.25. The highest BCUT2D eigenvalue weighted by Gasteiger charge is 2.29. The zero-order valence-electron chi connectivity index (χ0n) is 11.6. The third-order valence-electron chi connectivity index (χ3n) is 2.87. The van der Waals surface area contributed by atoms with Crippen molar-refractivity contribution in [3.05, 3.63) is 18.7 Å². The highest BCUT2D eigenvalue weighted by molar-refractivity contribution is 5.84. The molecule has 0 aliphatic rings. The molecule has 0 fully saturated rings. The van der Waals surface area contributed by atoms with Gasteiger partial charge in [-0.15, -0.1) is 0 Å². The maximum atomic E-state index is 12.1. The van der Waals surface area contributed by atoms with E-state index in [2.05, 4.69) is 17.2 Å². The van der Waals surface area contributed by atoms with Crippen LogP contribution in [-0.4, -0.2) is 33.7 Å². The Bertz CT molecular complexity index is 360. The number of carbonyl (C=O) groups is 1. The minimum atomic E-state index is -0.781. The number of carbonyl (C=O) groups excluding carboxylic acids is 1. The molecule has 1 aromatic rings. The number of imidazole rings is 1. The molecule has 1 aromatic heterocycles. The van der Waals surface area contributed by atoms with Crippen molar-refractivity contribution in [2.75, 3.05) is 6.61 Å². The van der Waals surface area contributed by atoms with Crippen LogP contribution in [0.1, 0.15) is 34.1 Å². The molecule has 5 nitrogen and oxygen atoms in total. The van der Waals surface area contributed by atoms with Gasteiger partial charge in [0.1, 0.15) is 5.60 Å². The Hall–Kier alpha value is -1.36. The molecular formula is C13H23N3O2. The first-order chi connectivity index (χ1) is 8.49. The molecule has 1 heterocycles. The third-order valence-corrected chi connectivity index (χ3v) is 2.87. The Labute approximate surface area is 109 Å². The lowest BCUT2D eigenvalue weighted by molar-refractivity contribution is -0.143. The molecule has 0 aromatic carbocycles. The standard InChI is InChI=1S/C13H23N3O2/c1-5-11(9-16-8-7-14-10-16)15-12(17)13(3,4)18-6-2/h7-8,10-11H,5-6,9H2,1-4H3,(H,15,17)/t11-/m1/s1. The average Bonchev–Trinajstić information content (AvgIpc) is 2.80. The molecule has 18 heavy (non-hydrogen) atoms.